The number of piperazine rings is 1. The van der Waals surface area contributed by atoms with E-state index < -0.39 is 11.7 Å². The van der Waals surface area contributed by atoms with E-state index in [0.717, 1.165) is 11.8 Å². The highest BCUT2D eigenvalue weighted by Crippen LogP contribution is 2.35. The SMILES string of the molecule is COc1cc(O)ccc1N1CCN(/C(=N\CC(C)C)Nc2ccccc2C(F)(F)F)CC1. The summed E-state index contributed by atoms with van der Waals surface area (Å²) in [6.45, 7) is 6.93. The Labute approximate surface area is 186 Å². The van der Waals surface area contributed by atoms with Crippen LogP contribution in [0.15, 0.2) is 47.5 Å². The van der Waals surface area contributed by atoms with Crippen molar-refractivity contribution in [3.8, 4) is 11.5 Å². The molecule has 2 aromatic carbocycles. The highest BCUT2D eigenvalue weighted by Gasteiger charge is 2.34. The molecule has 1 aliphatic rings. The maximum atomic E-state index is 13.5. The van der Waals surface area contributed by atoms with Crippen LogP contribution < -0.4 is 15.0 Å². The number of phenolic OH excluding ortho intramolecular Hbond substituents is 1. The fraction of sp³-hybridized carbons (Fsp3) is 0.435. The van der Waals surface area contributed by atoms with Gasteiger partial charge in [-0.3, -0.25) is 4.99 Å². The monoisotopic (exact) mass is 450 g/mol. The highest BCUT2D eigenvalue weighted by atomic mass is 19.4. The smallest absolute Gasteiger partial charge is 0.418 e. The lowest BCUT2D eigenvalue weighted by molar-refractivity contribution is -0.136. The molecule has 0 radical (unpaired) electrons. The first kappa shape index (κ1) is 23.6. The van der Waals surface area contributed by atoms with E-state index in [9.17, 15) is 18.3 Å². The van der Waals surface area contributed by atoms with Gasteiger partial charge >= 0.3 is 6.18 Å². The molecule has 0 spiro atoms. The van der Waals surface area contributed by atoms with Gasteiger partial charge in [0.05, 0.1) is 24.0 Å². The molecule has 6 nitrogen and oxygen atoms in total. The standard InChI is InChI=1S/C23H29F3N4O2/c1-16(2)15-27-22(28-19-7-5-4-6-18(19)23(24,25)26)30-12-10-29(11-13-30)20-9-8-17(31)14-21(20)32-3/h4-9,14,16,31H,10-13,15H2,1-3H3,(H,27,28). The Morgan fingerprint density at radius 3 is 2.44 bits per heavy atom. The molecule has 0 aliphatic carbocycles. The zero-order valence-electron chi connectivity index (χ0n) is 18.5. The third-order valence-corrected chi connectivity index (χ3v) is 5.17. The molecule has 0 atom stereocenters. The summed E-state index contributed by atoms with van der Waals surface area (Å²) in [7, 11) is 1.55. The van der Waals surface area contributed by atoms with Gasteiger partial charge in [0.25, 0.3) is 0 Å². The minimum Gasteiger partial charge on any atom is -0.508 e. The van der Waals surface area contributed by atoms with Crippen LogP contribution in [-0.4, -0.2) is 55.8 Å². The number of hydrogen-bond donors (Lipinski definition) is 2. The van der Waals surface area contributed by atoms with Gasteiger partial charge in [-0.25, -0.2) is 0 Å². The Morgan fingerprint density at radius 2 is 1.81 bits per heavy atom. The molecule has 0 bridgehead atoms. The van der Waals surface area contributed by atoms with Crippen molar-refractivity contribution in [1.29, 1.82) is 0 Å². The Kier molecular flexibility index (Phi) is 7.37. The number of aliphatic imine (C=N–C) groups is 1. The van der Waals surface area contributed by atoms with Gasteiger partial charge in [-0.15, -0.1) is 0 Å². The number of nitrogens with zero attached hydrogens (tertiary/aromatic N) is 3. The lowest BCUT2D eigenvalue weighted by atomic mass is 10.1. The first-order valence-corrected chi connectivity index (χ1v) is 10.5. The molecule has 32 heavy (non-hydrogen) atoms. The molecule has 1 fully saturated rings. The molecule has 0 unspecified atom stereocenters. The van der Waals surface area contributed by atoms with E-state index in [2.05, 4.69) is 15.2 Å². The number of ether oxygens (including phenoxy) is 1. The van der Waals surface area contributed by atoms with E-state index in [1.54, 1.807) is 31.4 Å². The number of guanidine groups is 1. The normalized spacial score (nSPS) is 15.3. The summed E-state index contributed by atoms with van der Waals surface area (Å²) in [5, 5.41) is 12.6. The highest BCUT2D eigenvalue weighted by molar-refractivity contribution is 5.94. The number of halogens is 3. The Balaban J connectivity index is 1.79. The van der Waals surface area contributed by atoms with Crippen molar-refractivity contribution in [1.82, 2.24) is 4.90 Å². The Bertz CT molecular complexity index is 939. The maximum absolute atomic E-state index is 13.5. The summed E-state index contributed by atoms with van der Waals surface area (Å²) in [5.41, 5.74) is 0.135. The Hall–Kier alpha value is -3.10. The van der Waals surface area contributed by atoms with Gasteiger partial charge in [-0.1, -0.05) is 26.0 Å². The van der Waals surface area contributed by atoms with Crippen molar-refractivity contribution in [3.05, 3.63) is 48.0 Å². The molecular weight excluding hydrogens is 421 g/mol. The summed E-state index contributed by atoms with van der Waals surface area (Å²) in [6, 6.07) is 10.4. The summed E-state index contributed by atoms with van der Waals surface area (Å²) in [5.74, 6) is 1.41. The molecule has 2 aromatic rings. The van der Waals surface area contributed by atoms with E-state index in [1.165, 1.54) is 12.1 Å². The van der Waals surface area contributed by atoms with Crippen molar-refractivity contribution < 1.29 is 23.0 Å². The number of benzene rings is 2. The van der Waals surface area contributed by atoms with Gasteiger partial charge < -0.3 is 25.0 Å². The first-order valence-electron chi connectivity index (χ1n) is 10.5. The lowest BCUT2D eigenvalue weighted by Crippen LogP contribution is -2.51. The predicted octanol–water partition coefficient (Wildman–Crippen LogP) is 4.67. The van der Waals surface area contributed by atoms with Crippen molar-refractivity contribution >= 4 is 17.3 Å². The number of rotatable bonds is 5. The lowest BCUT2D eigenvalue weighted by Gasteiger charge is -2.38. The molecule has 1 saturated heterocycles. The summed E-state index contributed by atoms with van der Waals surface area (Å²) in [4.78, 5) is 8.69. The van der Waals surface area contributed by atoms with E-state index in [0.29, 0.717) is 44.4 Å². The zero-order chi connectivity index (χ0) is 23.3. The van der Waals surface area contributed by atoms with Crippen molar-refractivity contribution in [2.24, 2.45) is 10.9 Å². The first-order chi connectivity index (χ1) is 15.2. The summed E-state index contributed by atoms with van der Waals surface area (Å²) in [6.07, 6.45) is -4.46. The van der Waals surface area contributed by atoms with Crippen molar-refractivity contribution in [2.75, 3.05) is 50.1 Å². The van der Waals surface area contributed by atoms with Crippen LogP contribution in [-0.2, 0) is 6.18 Å². The number of para-hydroxylation sites is 1. The minimum absolute atomic E-state index is 0.00913. The van der Waals surface area contributed by atoms with Gasteiger partial charge in [0.15, 0.2) is 5.96 Å². The number of alkyl halides is 3. The van der Waals surface area contributed by atoms with Gasteiger partial charge in [0, 0.05) is 38.8 Å². The van der Waals surface area contributed by atoms with Gasteiger partial charge in [0.1, 0.15) is 11.5 Å². The largest absolute Gasteiger partial charge is 0.508 e. The van der Waals surface area contributed by atoms with Crippen LogP contribution >= 0.6 is 0 Å². The predicted molar refractivity (Wildman–Crippen MR) is 121 cm³/mol. The molecule has 0 amide bonds. The summed E-state index contributed by atoms with van der Waals surface area (Å²) >= 11 is 0. The number of hydrogen-bond acceptors (Lipinski definition) is 4. The third-order valence-electron chi connectivity index (χ3n) is 5.17. The van der Waals surface area contributed by atoms with Gasteiger partial charge in [-0.05, 0) is 30.2 Å². The van der Waals surface area contributed by atoms with Crippen LogP contribution in [0.4, 0.5) is 24.5 Å². The number of anilines is 2. The molecule has 174 valence electrons. The molecule has 3 rings (SSSR count). The zero-order valence-corrected chi connectivity index (χ0v) is 18.5. The van der Waals surface area contributed by atoms with Crippen molar-refractivity contribution in [3.63, 3.8) is 0 Å². The summed E-state index contributed by atoms with van der Waals surface area (Å²) < 4.78 is 45.8. The molecular formula is C23H29F3N4O2. The quantitative estimate of drug-likeness (QED) is 0.512. The molecule has 1 aliphatic heterocycles. The Morgan fingerprint density at radius 1 is 1.12 bits per heavy atom. The minimum atomic E-state index is -4.46. The van der Waals surface area contributed by atoms with Gasteiger partial charge in [-0.2, -0.15) is 13.2 Å². The van der Waals surface area contributed by atoms with Gasteiger partial charge in [0.2, 0.25) is 0 Å². The van der Waals surface area contributed by atoms with E-state index in [4.69, 9.17) is 4.74 Å². The fourth-order valence-corrected chi connectivity index (χ4v) is 3.53. The molecule has 0 aromatic heterocycles. The third kappa shape index (κ3) is 5.77. The fourth-order valence-electron chi connectivity index (χ4n) is 3.53. The van der Waals surface area contributed by atoms with Crippen LogP contribution in [0.1, 0.15) is 19.4 Å². The second kappa shape index (κ2) is 10.0. The molecule has 9 heteroatoms. The van der Waals surface area contributed by atoms with Crippen LogP contribution in [0.2, 0.25) is 0 Å². The van der Waals surface area contributed by atoms with Crippen LogP contribution in [0.3, 0.4) is 0 Å². The van der Waals surface area contributed by atoms with E-state index in [1.807, 2.05) is 18.7 Å². The van der Waals surface area contributed by atoms with Crippen LogP contribution in [0.25, 0.3) is 0 Å². The average Bonchev–Trinajstić information content (AvgIpc) is 2.76. The van der Waals surface area contributed by atoms with Crippen LogP contribution in [0, 0.1) is 5.92 Å². The second-order valence-electron chi connectivity index (χ2n) is 8.06. The second-order valence-corrected chi connectivity index (χ2v) is 8.06. The van der Waals surface area contributed by atoms with Crippen LogP contribution in [0.5, 0.6) is 11.5 Å². The molecule has 1 heterocycles. The molecule has 0 saturated carbocycles. The van der Waals surface area contributed by atoms with E-state index in [-0.39, 0.29) is 17.4 Å². The van der Waals surface area contributed by atoms with E-state index >= 15 is 0 Å². The van der Waals surface area contributed by atoms with Crippen molar-refractivity contribution in [2.45, 2.75) is 20.0 Å². The number of aromatic hydroxyl groups is 1. The number of nitrogens with one attached hydrogen (secondary N) is 1. The maximum Gasteiger partial charge on any atom is 0.418 e. The average molecular weight is 451 g/mol. The number of methoxy groups -OCH3 is 1. The molecule has 2 N–H and O–H groups in total. The number of phenols is 1. The topological polar surface area (TPSA) is 60.3 Å².